The lowest BCUT2D eigenvalue weighted by molar-refractivity contribution is -0.120. The molecule has 2 N–H and O–H groups in total. The number of carbonyl (C=O) groups is 2. The topological polar surface area (TPSA) is 116 Å². The zero-order valence-corrected chi connectivity index (χ0v) is 29.3. The maximum Gasteiger partial charge on any atom is 0.249 e. The van der Waals surface area contributed by atoms with Crippen molar-refractivity contribution in [3.8, 4) is 5.75 Å². The molecule has 1 aromatic heterocycles. The second-order valence-corrected chi connectivity index (χ2v) is 15.6. The maximum atomic E-state index is 13.8. The SMILES string of the molecule is CC[C@@H]1C(=O)N(C)c2cnc(Nc3ccc(C(=O)C4N[C@@]45CC54CCC(N5CCN(CC6CC6)CC5)CC4)cc3OC)nc2N1C(C)C. The molecule has 5 fully saturated rings. The van der Waals surface area contributed by atoms with Gasteiger partial charge in [-0.1, -0.05) is 6.92 Å². The number of Topliss-reactive ketones (excluding diaryl/α,β-unsaturated/α-hetero) is 1. The van der Waals surface area contributed by atoms with Gasteiger partial charge in [0.2, 0.25) is 11.9 Å². The number of nitrogens with zero attached hydrogens (tertiary/aromatic N) is 6. The van der Waals surface area contributed by atoms with Crippen LogP contribution in [-0.4, -0.2) is 108 Å². The Morgan fingerprint density at radius 2 is 1.88 bits per heavy atom. The number of benzene rings is 1. The molecule has 11 nitrogen and oxygen atoms in total. The first-order chi connectivity index (χ1) is 23.2. The van der Waals surface area contributed by atoms with Gasteiger partial charge in [-0.25, -0.2) is 4.98 Å². The van der Waals surface area contributed by atoms with Gasteiger partial charge < -0.3 is 24.8 Å². The molecule has 1 aromatic carbocycles. The molecular weight excluding hydrogens is 604 g/mol. The highest BCUT2D eigenvalue weighted by Crippen LogP contribution is 2.72. The van der Waals surface area contributed by atoms with E-state index in [9.17, 15) is 9.59 Å². The summed E-state index contributed by atoms with van der Waals surface area (Å²) in [5.41, 5.74) is 2.31. The fraction of sp³-hybridized carbons (Fsp3) is 0.676. The van der Waals surface area contributed by atoms with Gasteiger partial charge in [-0.3, -0.25) is 19.8 Å². The Morgan fingerprint density at radius 3 is 2.54 bits per heavy atom. The zero-order chi connectivity index (χ0) is 33.4. The molecule has 0 bridgehead atoms. The monoisotopic (exact) mass is 656 g/mol. The van der Waals surface area contributed by atoms with E-state index in [1.807, 2.05) is 25.1 Å². The molecule has 8 rings (SSSR count). The van der Waals surface area contributed by atoms with Gasteiger partial charge in [0.05, 0.1) is 25.0 Å². The third kappa shape index (κ3) is 5.37. The average Bonchev–Trinajstić information content (AvgIpc) is 4.05. The number of amides is 1. The van der Waals surface area contributed by atoms with Crippen molar-refractivity contribution >= 4 is 34.8 Å². The van der Waals surface area contributed by atoms with E-state index in [0.717, 1.165) is 18.2 Å². The molecule has 2 saturated heterocycles. The van der Waals surface area contributed by atoms with Gasteiger partial charge in [0.15, 0.2) is 11.6 Å². The minimum Gasteiger partial charge on any atom is -0.495 e. The molecule has 3 saturated carbocycles. The van der Waals surface area contributed by atoms with Crippen LogP contribution in [0.1, 0.15) is 82.5 Å². The Hall–Kier alpha value is -3.28. The number of anilines is 4. The first-order valence-corrected chi connectivity index (χ1v) is 18.3. The first kappa shape index (κ1) is 32.0. The maximum absolute atomic E-state index is 13.8. The number of hydrogen-bond donors (Lipinski definition) is 2. The molecule has 258 valence electrons. The van der Waals surface area contributed by atoms with Gasteiger partial charge in [0.25, 0.3) is 0 Å². The van der Waals surface area contributed by atoms with Crippen LogP contribution in [0.2, 0.25) is 0 Å². The number of ketones is 1. The van der Waals surface area contributed by atoms with Crippen LogP contribution >= 0.6 is 0 Å². The summed E-state index contributed by atoms with van der Waals surface area (Å²) in [6, 6.07) is 6.01. The predicted octanol–water partition coefficient (Wildman–Crippen LogP) is 4.45. The lowest BCUT2D eigenvalue weighted by atomic mass is 9.80. The van der Waals surface area contributed by atoms with E-state index in [1.165, 1.54) is 71.2 Å². The normalized spacial score (nSPS) is 31.8. The Balaban J connectivity index is 0.904. The minimum absolute atomic E-state index is 0.00762. The number of ether oxygens (including phenoxy) is 1. The predicted molar refractivity (Wildman–Crippen MR) is 187 cm³/mol. The molecule has 3 aliphatic carbocycles. The van der Waals surface area contributed by atoms with Gasteiger partial charge in [-0.2, -0.15) is 4.98 Å². The van der Waals surface area contributed by atoms with Crippen molar-refractivity contribution in [2.75, 3.05) is 62.0 Å². The zero-order valence-electron chi connectivity index (χ0n) is 29.3. The molecule has 0 radical (unpaired) electrons. The van der Waals surface area contributed by atoms with Gasteiger partial charge >= 0.3 is 0 Å². The highest BCUT2D eigenvalue weighted by atomic mass is 16.5. The Labute approximate surface area is 284 Å². The number of fused-ring (bicyclic) bond motifs is 2. The van der Waals surface area contributed by atoms with Crippen molar-refractivity contribution in [3.63, 3.8) is 0 Å². The highest BCUT2D eigenvalue weighted by Gasteiger charge is 2.81. The van der Waals surface area contributed by atoms with Crippen LogP contribution < -0.4 is 25.2 Å². The van der Waals surface area contributed by atoms with E-state index in [4.69, 9.17) is 9.72 Å². The number of likely N-dealkylation sites (N-methyl/N-ethyl adjacent to an activating group) is 1. The van der Waals surface area contributed by atoms with Crippen LogP contribution in [0.25, 0.3) is 0 Å². The second kappa shape index (κ2) is 11.9. The second-order valence-electron chi connectivity index (χ2n) is 15.6. The summed E-state index contributed by atoms with van der Waals surface area (Å²) in [6.45, 7) is 12.4. The lowest BCUT2D eigenvalue weighted by Crippen LogP contribution is -2.54. The number of methoxy groups -OCH3 is 1. The third-order valence-electron chi connectivity index (χ3n) is 12.5. The number of carbonyl (C=O) groups excluding carboxylic acids is 2. The summed E-state index contributed by atoms with van der Waals surface area (Å²) in [5, 5.41) is 6.98. The van der Waals surface area contributed by atoms with Crippen molar-refractivity contribution in [2.45, 2.75) is 102 Å². The molecule has 11 heteroatoms. The molecule has 2 spiro atoms. The molecule has 3 atom stereocenters. The van der Waals surface area contributed by atoms with Gasteiger partial charge in [-0.15, -0.1) is 0 Å². The standard InChI is InChI=1S/C37H52N8O3/c1-6-28-34(47)42(4)29-20-38-35(40-33(29)45(28)23(2)3)39-27-10-9-25(19-30(27)48-5)31(46)32-37(41-32)22-36(37)13-11-26(12-14-36)44-17-15-43(16-18-44)21-24-7-8-24/h9-10,19-20,23-24,26,28,32,41H,6-8,11-18,21-22H2,1-5H3,(H,38,39,40)/t26?,28-,32?,36?,37+/m1/s1. The van der Waals surface area contributed by atoms with Crippen molar-refractivity contribution in [1.82, 2.24) is 25.1 Å². The molecule has 48 heavy (non-hydrogen) atoms. The van der Waals surface area contributed by atoms with E-state index >= 15 is 0 Å². The minimum atomic E-state index is -0.275. The fourth-order valence-corrected chi connectivity index (χ4v) is 9.40. The lowest BCUT2D eigenvalue weighted by Gasteiger charge is -2.42. The number of hydrogen-bond acceptors (Lipinski definition) is 10. The van der Waals surface area contributed by atoms with Crippen molar-refractivity contribution < 1.29 is 14.3 Å². The average molecular weight is 657 g/mol. The molecule has 4 heterocycles. The molecule has 1 unspecified atom stereocenters. The summed E-state index contributed by atoms with van der Waals surface area (Å²) in [4.78, 5) is 45.4. The quantitative estimate of drug-likeness (QED) is 0.281. The number of piperazine rings is 1. The van der Waals surface area contributed by atoms with Gasteiger partial charge in [0, 0.05) is 63.0 Å². The number of rotatable bonds is 10. The van der Waals surface area contributed by atoms with E-state index in [-0.39, 0.29) is 40.8 Å². The summed E-state index contributed by atoms with van der Waals surface area (Å²) >= 11 is 0. The number of aromatic nitrogens is 2. The first-order valence-electron chi connectivity index (χ1n) is 18.3. The molecule has 1 amide bonds. The summed E-state index contributed by atoms with van der Waals surface area (Å²) in [5.74, 6) is 2.89. The fourth-order valence-electron chi connectivity index (χ4n) is 9.40. The van der Waals surface area contributed by atoms with Crippen molar-refractivity contribution in [2.24, 2.45) is 11.3 Å². The third-order valence-corrected chi connectivity index (χ3v) is 12.5. The Kier molecular flexibility index (Phi) is 7.95. The highest BCUT2D eigenvalue weighted by molar-refractivity contribution is 6.05. The van der Waals surface area contributed by atoms with E-state index in [1.54, 1.807) is 25.3 Å². The Bertz CT molecular complexity index is 1580. The van der Waals surface area contributed by atoms with Crippen molar-refractivity contribution in [1.29, 1.82) is 0 Å². The van der Waals surface area contributed by atoms with Crippen LogP contribution in [0.3, 0.4) is 0 Å². The van der Waals surface area contributed by atoms with Gasteiger partial charge in [-0.05, 0) is 94.7 Å². The summed E-state index contributed by atoms with van der Waals surface area (Å²) in [6.07, 6.45) is 11.3. The molecule has 2 aromatic rings. The number of nitrogens with one attached hydrogen (secondary N) is 2. The van der Waals surface area contributed by atoms with Crippen LogP contribution in [0.15, 0.2) is 24.4 Å². The van der Waals surface area contributed by atoms with E-state index in [2.05, 4.69) is 44.2 Å². The van der Waals surface area contributed by atoms with E-state index in [0.29, 0.717) is 41.1 Å². The largest absolute Gasteiger partial charge is 0.495 e. The summed E-state index contributed by atoms with van der Waals surface area (Å²) < 4.78 is 5.76. The Morgan fingerprint density at radius 1 is 1.12 bits per heavy atom. The van der Waals surface area contributed by atoms with Gasteiger partial charge in [0.1, 0.15) is 17.5 Å². The smallest absolute Gasteiger partial charge is 0.249 e. The molecule has 6 aliphatic rings. The van der Waals surface area contributed by atoms with E-state index < -0.39 is 0 Å². The summed E-state index contributed by atoms with van der Waals surface area (Å²) in [7, 11) is 3.40. The van der Waals surface area contributed by atoms with Crippen LogP contribution in [0.5, 0.6) is 5.75 Å². The molecular formula is C37H52N8O3. The van der Waals surface area contributed by atoms with Crippen LogP contribution in [-0.2, 0) is 4.79 Å². The van der Waals surface area contributed by atoms with Crippen LogP contribution in [0.4, 0.5) is 23.1 Å². The molecule has 3 aliphatic heterocycles. The van der Waals surface area contributed by atoms with Crippen molar-refractivity contribution in [3.05, 3.63) is 30.0 Å². The van der Waals surface area contributed by atoms with Crippen LogP contribution in [0, 0.1) is 11.3 Å².